The van der Waals surface area contributed by atoms with Crippen molar-refractivity contribution in [3.8, 4) is 0 Å². The predicted octanol–water partition coefficient (Wildman–Crippen LogP) is 0.737. The quantitative estimate of drug-likeness (QED) is 0.853. The highest BCUT2D eigenvalue weighted by Crippen LogP contribution is 2.26. The van der Waals surface area contributed by atoms with E-state index in [4.69, 9.17) is 10.5 Å². The summed E-state index contributed by atoms with van der Waals surface area (Å²) in [6, 6.07) is -0.153. The topological polar surface area (TPSA) is 94.3 Å². The lowest BCUT2D eigenvalue weighted by Crippen LogP contribution is -2.38. The SMILES string of the molecule is Cc1nc(N)sc1S(=O)(=O)NC(C)C1CCOC1. The fraction of sp³-hybridized carbons (Fsp3) is 0.700. The molecule has 0 bridgehead atoms. The molecule has 0 aliphatic carbocycles. The van der Waals surface area contributed by atoms with Crippen LogP contribution in [0.15, 0.2) is 4.21 Å². The Hall–Kier alpha value is -0.700. The average molecular weight is 291 g/mol. The van der Waals surface area contributed by atoms with Gasteiger partial charge in [0.15, 0.2) is 9.34 Å². The maximum atomic E-state index is 12.2. The van der Waals surface area contributed by atoms with Crippen LogP contribution in [0.25, 0.3) is 0 Å². The minimum atomic E-state index is -3.54. The molecule has 1 saturated heterocycles. The van der Waals surface area contributed by atoms with Crippen molar-refractivity contribution < 1.29 is 13.2 Å². The number of aromatic nitrogens is 1. The summed E-state index contributed by atoms with van der Waals surface area (Å²) in [4.78, 5) is 3.93. The van der Waals surface area contributed by atoms with Gasteiger partial charge in [-0.1, -0.05) is 11.3 Å². The summed E-state index contributed by atoms with van der Waals surface area (Å²) in [7, 11) is -3.54. The number of rotatable bonds is 4. The third kappa shape index (κ3) is 2.82. The van der Waals surface area contributed by atoms with Crippen LogP contribution in [0.4, 0.5) is 5.13 Å². The Labute approximate surface area is 111 Å². The zero-order valence-corrected chi connectivity index (χ0v) is 12.0. The lowest BCUT2D eigenvalue weighted by atomic mass is 10.0. The summed E-state index contributed by atoms with van der Waals surface area (Å²) in [6.07, 6.45) is 0.882. The van der Waals surface area contributed by atoms with Crippen LogP contribution in [-0.2, 0) is 14.8 Å². The van der Waals surface area contributed by atoms with Gasteiger partial charge in [0.2, 0.25) is 0 Å². The minimum absolute atomic E-state index is 0.153. The van der Waals surface area contributed by atoms with E-state index in [0.717, 1.165) is 17.8 Å². The molecule has 1 aliphatic rings. The third-order valence-electron chi connectivity index (χ3n) is 3.03. The summed E-state index contributed by atoms with van der Waals surface area (Å²) in [5, 5.41) is 0.268. The molecule has 2 heterocycles. The number of nitrogens with zero attached hydrogens (tertiary/aromatic N) is 1. The molecule has 1 aliphatic heterocycles. The highest BCUT2D eigenvalue weighted by Gasteiger charge is 2.28. The number of nitrogens with two attached hydrogens (primary N) is 1. The number of thiazole rings is 1. The van der Waals surface area contributed by atoms with Crippen LogP contribution in [0, 0.1) is 12.8 Å². The van der Waals surface area contributed by atoms with Crippen molar-refractivity contribution in [2.75, 3.05) is 18.9 Å². The summed E-state index contributed by atoms with van der Waals surface area (Å²) >= 11 is 0.991. The second-order valence-corrected chi connectivity index (χ2v) is 7.40. The number of hydrogen-bond acceptors (Lipinski definition) is 6. The summed E-state index contributed by atoms with van der Waals surface area (Å²) in [5.74, 6) is 0.227. The second kappa shape index (κ2) is 5.12. The smallest absolute Gasteiger partial charge is 0.252 e. The van der Waals surface area contributed by atoms with E-state index in [9.17, 15) is 8.42 Å². The molecule has 6 nitrogen and oxygen atoms in total. The van der Waals surface area contributed by atoms with Crippen LogP contribution in [0.1, 0.15) is 19.0 Å². The highest BCUT2D eigenvalue weighted by atomic mass is 32.2. The van der Waals surface area contributed by atoms with Gasteiger partial charge in [0.1, 0.15) is 0 Å². The fourth-order valence-corrected chi connectivity index (χ4v) is 4.62. The molecule has 0 aromatic carbocycles. The molecule has 2 unspecified atom stereocenters. The fourth-order valence-electron chi connectivity index (χ4n) is 1.99. The van der Waals surface area contributed by atoms with Gasteiger partial charge in [-0.25, -0.2) is 18.1 Å². The molecule has 0 radical (unpaired) electrons. The monoisotopic (exact) mass is 291 g/mol. The molecule has 1 fully saturated rings. The zero-order valence-electron chi connectivity index (χ0n) is 10.3. The van der Waals surface area contributed by atoms with Crippen molar-refractivity contribution in [1.82, 2.24) is 9.71 Å². The lowest BCUT2D eigenvalue weighted by molar-refractivity contribution is 0.180. The molecule has 2 rings (SSSR count). The summed E-state index contributed by atoms with van der Waals surface area (Å²) in [5.41, 5.74) is 5.97. The van der Waals surface area contributed by atoms with Crippen LogP contribution in [0.2, 0.25) is 0 Å². The van der Waals surface area contributed by atoms with Crippen LogP contribution < -0.4 is 10.5 Å². The Kier molecular flexibility index (Phi) is 3.90. The highest BCUT2D eigenvalue weighted by molar-refractivity contribution is 7.91. The normalized spacial score (nSPS) is 22.2. The van der Waals surface area contributed by atoms with Crippen LogP contribution in [-0.4, -0.2) is 32.7 Å². The van der Waals surface area contributed by atoms with E-state index >= 15 is 0 Å². The molecule has 8 heteroatoms. The minimum Gasteiger partial charge on any atom is -0.381 e. The van der Waals surface area contributed by atoms with Crippen molar-refractivity contribution in [1.29, 1.82) is 0 Å². The second-order valence-electron chi connectivity index (χ2n) is 4.46. The number of ether oxygens (including phenoxy) is 1. The van der Waals surface area contributed by atoms with E-state index in [2.05, 4.69) is 9.71 Å². The van der Waals surface area contributed by atoms with E-state index in [1.165, 1.54) is 0 Å². The number of nitrogens with one attached hydrogen (secondary N) is 1. The molecular weight excluding hydrogens is 274 g/mol. The largest absolute Gasteiger partial charge is 0.381 e. The molecule has 0 amide bonds. The molecule has 1 aromatic heterocycles. The van der Waals surface area contributed by atoms with Gasteiger partial charge in [0, 0.05) is 18.6 Å². The van der Waals surface area contributed by atoms with E-state index in [1.54, 1.807) is 6.92 Å². The summed E-state index contributed by atoms with van der Waals surface area (Å²) in [6.45, 7) is 4.80. The Morgan fingerprint density at radius 2 is 2.33 bits per heavy atom. The van der Waals surface area contributed by atoms with E-state index in [1.807, 2.05) is 6.92 Å². The summed E-state index contributed by atoms with van der Waals surface area (Å²) < 4.78 is 32.5. The van der Waals surface area contributed by atoms with Gasteiger partial charge in [-0.3, -0.25) is 0 Å². The van der Waals surface area contributed by atoms with Crippen molar-refractivity contribution in [3.05, 3.63) is 5.69 Å². The Bertz CT molecular complexity index is 520. The Morgan fingerprint density at radius 3 is 2.83 bits per heavy atom. The molecule has 0 saturated carbocycles. The number of sulfonamides is 1. The zero-order chi connectivity index (χ0) is 13.3. The average Bonchev–Trinajstić information content (AvgIpc) is 2.86. The van der Waals surface area contributed by atoms with Gasteiger partial charge in [0.25, 0.3) is 10.0 Å². The van der Waals surface area contributed by atoms with Crippen molar-refractivity contribution in [2.24, 2.45) is 5.92 Å². The van der Waals surface area contributed by atoms with Crippen molar-refractivity contribution in [3.63, 3.8) is 0 Å². The van der Waals surface area contributed by atoms with Crippen molar-refractivity contribution in [2.45, 2.75) is 30.5 Å². The molecule has 18 heavy (non-hydrogen) atoms. The maximum Gasteiger partial charge on any atom is 0.252 e. The molecule has 0 spiro atoms. The first-order valence-corrected chi connectivity index (χ1v) is 8.03. The van der Waals surface area contributed by atoms with E-state index < -0.39 is 10.0 Å². The molecule has 102 valence electrons. The number of aryl methyl sites for hydroxylation is 1. The van der Waals surface area contributed by atoms with Gasteiger partial charge >= 0.3 is 0 Å². The molecule has 2 atom stereocenters. The Morgan fingerprint density at radius 1 is 1.61 bits per heavy atom. The van der Waals surface area contributed by atoms with Gasteiger partial charge < -0.3 is 10.5 Å². The molecule has 3 N–H and O–H groups in total. The van der Waals surface area contributed by atoms with Gasteiger partial charge in [-0.2, -0.15) is 0 Å². The Balaban J connectivity index is 2.14. The predicted molar refractivity (Wildman–Crippen MR) is 70.0 cm³/mol. The molecule has 1 aromatic rings. The molecular formula is C10H17N3O3S2. The van der Waals surface area contributed by atoms with Gasteiger partial charge in [0.05, 0.1) is 12.3 Å². The van der Waals surface area contributed by atoms with Crippen LogP contribution in [0.5, 0.6) is 0 Å². The first-order valence-electron chi connectivity index (χ1n) is 5.73. The maximum absolute atomic E-state index is 12.2. The third-order valence-corrected chi connectivity index (χ3v) is 6.18. The van der Waals surface area contributed by atoms with Gasteiger partial charge in [-0.05, 0) is 20.3 Å². The number of anilines is 1. The van der Waals surface area contributed by atoms with E-state index in [-0.39, 0.29) is 21.3 Å². The first-order chi connectivity index (χ1) is 8.40. The van der Waals surface area contributed by atoms with Crippen LogP contribution >= 0.6 is 11.3 Å². The first kappa shape index (κ1) is 13.7. The number of nitrogen functional groups attached to an aromatic ring is 1. The van der Waals surface area contributed by atoms with Crippen LogP contribution in [0.3, 0.4) is 0 Å². The number of hydrogen-bond donors (Lipinski definition) is 2. The van der Waals surface area contributed by atoms with Gasteiger partial charge in [-0.15, -0.1) is 0 Å². The van der Waals surface area contributed by atoms with Crippen molar-refractivity contribution >= 4 is 26.5 Å². The standard InChI is InChI=1S/C10H17N3O3S2/c1-6(8-3-4-16-5-8)13-18(14,15)9-7(2)12-10(11)17-9/h6,8,13H,3-5H2,1-2H3,(H2,11,12). The lowest BCUT2D eigenvalue weighted by Gasteiger charge is -2.18. The van der Waals surface area contributed by atoms with E-state index in [0.29, 0.717) is 18.9 Å².